The molecule has 0 aliphatic heterocycles. The number of benzene rings is 1. The zero-order valence-corrected chi connectivity index (χ0v) is 12.6. The summed E-state index contributed by atoms with van der Waals surface area (Å²) >= 11 is 0. The van der Waals surface area contributed by atoms with E-state index in [9.17, 15) is 13.6 Å². The second-order valence-electron chi connectivity index (χ2n) is 5.56. The number of hydrogen-bond donors (Lipinski definition) is 1. The van der Waals surface area contributed by atoms with Gasteiger partial charge in [0.1, 0.15) is 24.6 Å². The van der Waals surface area contributed by atoms with Crippen molar-refractivity contribution >= 4 is 19.0 Å². The topological polar surface area (TPSA) is 51.2 Å². The third-order valence-electron chi connectivity index (χ3n) is 3.90. The highest BCUT2D eigenvalue weighted by atomic mass is 19.2. The first kappa shape index (κ1) is 15.5. The fourth-order valence-corrected chi connectivity index (χ4v) is 2.43. The molecule has 1 aromatic heterocycles. The van der Waals surface area contributed by atoms with E-state index in [0.717, 1.165) is 25.8 Å². The average molecular weight is 316 g/mol. The molecule has 23 heavy (non-hydrogen) atoms. The highest BCUT2D eigenvalue weighted by molar-refractivity contribution is 6.38. The molecule has 2 aromatic rings. The smallest absolute Gasteiger partial charge is 0.228 e. The average Bonchev–Trinajstić information content (AvgIpc) is 3.33. The van der Waals surface area contributed by atoms with Crippen LogP contribution >= 0.6 is 0 Å². The second-order valence-corrected chi connectivity index (χ2v) is 5.56. The van der Waals surface area contributed by atoms with Gasteiger partial charge in [-0.15, -0.1) is 0 Å². The van der Waals surface area contributed by atoms with Crippen LogP contribution in [0, 0.1) is 17.6 Å². The maximum absolute atomic E-state index is 13.1. The van der Waals surface area contributed by atoms with Crippen molar-refractivity contribution in [1.29, 1.82) is 0 Å². The third-order valence-corrected chi connectivity index (χ3v) is 3.90. The predicted octanol–water partition coefficient (Wildman–Crippen LogP) is 3.38. The fourth-order valence-electron chi connectivity index (χ4n) is 2.43. The number of halogens is 2. The van der Waals surface area contributed by atoms with Crippen LogP contribution in [0.5, 0.6) is 11.5 Å². The first-order chi connectivity index (χ1) is 11.1. The van der Waals surface area contributed by atoms with Gasteiger partial charge in [0.25, 0.3) is 0 Å². The standard InChI is InChI=1S/C16H15BF2N2O2/c1-17-12-7-11(12)16(22)21-15-5-3-10(8-20-15)23-9-2-4-13(18)14(19)6-9/h2-6,8,11-12,17H,7H2,1H3,(H,20,21,22)/t11-,12+/m1/s1. The van der Waals surface area contributed by atoms with Crippen LogP contribution in [0.25, 0.3) is 0 Å². The monoisotopic (exact) mass is 316 g/mol. The van der Waals surface area contributed by atoms with E-state index in [1.54, 1.807) is 12.1 Å². The van der Waals surface area contributed by atoms with Gasteiger partial charge >= 0.3 is 0 Å². The van der Waals surface area contributed by atoms with Gasteiger partial charge in [0.15, 0.2) is 11.6 Å². The molecule has 4 nitrogen and oxygen atoms in total. The number of rotatable bonds is 5. The summed E-state index contributed by atoms with van der Waals surface area (Å²) in [4.78, 5) is 16.0. The molecular formula is C16H15BF2N2O2. The van der Waals surface area contributed by atoms with Crippen molar-refractivity contribution in [2.75, 3.05) is 5.32 Å². The van der Waals surface area contributed by atoms with Crippen LogP contribution in [0.2, 0.25) is 12.6 Å². The Morgan fingerprint density at radius 2 is 2.04 bits per heavy atom. The van der Waals surface area contributed by atoms with E-state index in [1.165, 1.54) is 12.3 Å². The third kappa shape index (κ3) is 3.67. The second kappa shape index (κ2) is 6.36. The number of pyridine rings is 1. The van der Waals surface area contributed by atoms with Crippen LogP contribution in [0.1, 0.15) is 6.42 Å². The van der Waals surface area contributed by atoms with Gasteiger partial charge in [-0.05, 0) is 30.7 Å². The van der Waals surface area contributed by atoms with E-state index in [4.69, 9.17) is 4.74 Å². The van der Waals surface area contributed by atoms with Gasteiger partial charge in [-0.1, -0.05) is 12.6 Å². The van der Waals surface area contributed by atoms with Gasteiger partial charge in [-0.3, -0.25) is 4.79 Å². The van der Waals surface area contributed by atoms with Gasteiger partial charge < -0.3 is 10.1 Å². The van der Waals surface area contributed by atoms with Crippen LogP contribution in [0.3, 0.4) is 0 Å². The van der Waals surface area contributed by atoms with Crippen molar-refractivity contribution in [3.63, 3.8) is 0 Å². The van der Waals surface area contributed by atoms with Crippen molar-refractivity contribution in [3.8, 4) is 11.5 Å². The minimum atomic E-state index is -0.978. The van der Waals surface area contributed by atoms with Crippen LogP contribution in [0.15, 0.2) is 36.5 Å². The van der Waals surface area contributed by atoms with Gasteiger partial charge in [0.05, 0.1) is 6.20 Å². The maximum atomic E-state index is 13.1. The minimum absolute atomic E-state index is 0.0152. The Bertz CT molecular complexity index is 725. The predicted molar refractivity (Wildman–Crippen MR) is 84.2 cm³/mol. The van der Waals surface area contributed by atoms with Gasteiger partial charge in [0, 0.05) is 12.0 Å². The number of ether oxygens (including phenoxy) is 1. The van der Waals surface area contributed by atoms with Crippen LogP contribution in [-0.4, -0.2) is 18.2 Å². The Morgan fingerprint density at radius 1 is 1.26 bits per heavy atom. The number of hydrogen-bond acceptors (Lipinski definition) is 3. The molecule has 7 heteroatoms. The highest BCUT2D eigenvalue weighted by Gasteiger charge is 2.41. The summed E-state index contributed by atoms with van der Waals surface area (Å²) in [6, 6.07) is 6.49. The van der Waals surface area contributed by atoms with Crippen molar-refractivity contribution in [3.05, 3.63) is 48.2 Å². The summed E-state index contributed by atoms with van der Waals surface area (Å²) in [6.45, 7) is 2.07. The zero-order chi connectivity index (χ0) is 16.4. The fraction of sp³-hybridized carbons (Fsp3) is 0.250. The normalized spacial score (nSPS) is 19.1. The Morgan fingerprint density at radius 3 is 2.65 bits per heavy atom. The molecule has 0 saturated heterocycles. The van der Waals surface area contributed by atoms with Crippen LogP contribution in [0.4, 0.5) is 14.6 Å². The molecule has 1 heterocycles. The van der Waals surface area contributed by atoms with Gasteiger partial charge in [0.2, 0.25) is 5.91 Å². The van der Waals surface area contributed by atoms with Gasteiger partial charge in [-0.2, -0.15) is 0 Å². The molecule has 3 rings (SSSR count). The Balaban J connectivity index is 1.60. The highest BCUT2D eigenvalue weighted by Crippen LogP contribution is 2.44. The number of carbonyl (C=O) groups excluding carboxylic acids is 1. The van der Waals surface area contributed by atoms with E-state index in [2.05, 4.69) is 17.1 Å². The molecule has 0 bridgehead atoms. The largest absolute Gasteiger partial charge is 0.456 e. The minimum Gasteiger partial charge on any atom is -0.456 e. The molecule has 1 N–H and O–H groups in total. The SMILES string of the molecule is CB[C@H]1C[C@H]1C(=O)Nc1ccc(Oc2ccc(F)c(F)c2)cn1. The molecule has 0 radical (unpaired) electrons. The number of nitrogens with zero attached hydrogens (tertiary/aromatic N) is 1. The summed E-state index contributed by atoms with van der Waals surface area (Å²) in [5.41, 5.74) is 0. The molecule has 2 atom stereocenters. The molecule has 0 spiro atoms. The molecule has 1 saturated carbocycles. The summed E-state index contributed by atoms with van der Waals surface area (Å²) in [7, 11) is 1.01. The summed E-state index contributed by atoms with van der Waals surface area (Å²) < 4.78 is 31.4. The summed E-state index contributed by atoms with van der Waals surface area (Å²) in [6.07, 6.45) is 2.35. The molecule has 118 valence electrons. The lowest BCUT2D eigenvalue weighted by atomic mass is 9.74. The van der Waals surface area contributed by atoms with E-state index >= 15 is 0 Å². The first-order valence-electron chi connectivity index (χ1n) is 7.46. The number of anilines is 1. The molecule has 1 amide bonds. The van der Waals surface area contributed by atoms with E-state index in [-0.39, 0.29) is 17.6 Å². The number of carbonyl (C=O) groups is 1. The van der Waals surface area contributed by atoms with E-state index in [1.807, 2.05) is 0 Å². The van der Waals surface area contributed by atoms with E-state index < -0.39 is 11.6 Å². The maximum Gasteiger partial charge on any atom is 0.228 e. The van der Waals surface area contributed by atoms with Crippen molar-refractivity contribution in [1.82, 2.24) is 4.98 Å². The Labute approximate surface area is 133 Å². The molecule has 1 fully saturated rings. The molecule has 1 aromatic carbocycles. The number of aromatic nitrogens is 1. The molecular weight excluding hydrogens is 301 g/mol. The number of nitrogens with one attached hydrogen (secondary N) is 1. The Kier molecular flexibility index (Phi) is 4.27. The van der Waals surface area contributed by atoms with Crippen LogP contribution < -0.4 is 10.1 Å². The Hall–Kier alpha value is -2.44. The van der Waals surface area contributed by atoms with Crippen LogP contribution in [-0.2, 0) is 4.79 Å². The van der Waals surface area contributed by atoms with Crippen molar-refractivity contribution < 1.29 is 18.3 Å². The quantitative estimate of drug-likeness (QED) is 0.860. The zero-order valence-electron chi connectivity index (χ0n) is 12.6. The lowest BCUT2D eigenvalue weighted by molar-refractivity contribution is -0.117. The van der Waals surface area contributed by atoms with Crippen molar-refractivity contribution in [2.24, 2.45) is 5.92 Å². The van der Waals surface area contributed by atoms with E-state index in [0.29, 0.717) is 17.4 Å². The van der Waals surface area contributed by atoms with Crippen molar-refractivity contribution in [2.45, 2.75) is 19.1 Å². The lowest BCUT2D eigenvalue weighted by Crippen LogP contribution is -2.15. The molecule has 1 aliphatic rings. The molecule has 1 aliphatic carbocycles. The van der Waals surface area contributed by atoms with Gasteiger partial charge in [-0.25, -0.2) is 13.8 Å². The lowest BCUT2D eigenvalue weighted by Gasteiger charge is -2.07. The molecule has 0 unspecified atom stereocenters. The summed E-state index contributed by atoms with van der Waals surface area (Å²) in [5.74, 6) is -0.384. The summed E-state index contributed by atoms with van der Waals surface area (Å²) in [5, 5.41) is 2.76. The number of amides is 1. The first-order valence-corrected chi connectivity index (χ1v) is 7.46.